The summed E-state index contributed by atoms with van der Waals surface area (Å²) < 4.78 is 0. The minimum Gasteiger partial charge on any atom is -0.375 e. The Balaban J connectivity index is 2.18. The van der Waals surface area contributed by atoms with Gasteiger partial charge in [0.15, 0.2) is 0 Å². The number of benzene rings is 1. The molecule has 1 amide bonds. The highest BCUT2D eigenvalue weighted by atomic mass is 16.6. The van der Waals surface area contributed by atoms with Crippen molar-refractivity contribution in [2.24, 2.45) is 0 Å². The highest BCUT2D eigenvalue weighted by Crippen LogP contribution is 2.26. The molecule has 0 aromatic heterocycles. The zero-order valence-electron chi connectivity index (χ0n) is 10.0. The van der Waals surface area contributed by atoms with Crippen LogP contribution in [0, 0.1) is 21.4 Å². The van der Waals surface area contributed by atoms with Crippen LogP contribution in [0.2, 0.25) is 0 Å². The molecule has 1 fully saturated rings. The summed E-state index contributed by atoms with van der Waals surface area (Å²) in [6, 6.07) is 6.12. The third-order valence-electron chi connectivity index (χ3n) is 2.95. The van der Waals surface area contributed by atoms with Gasteiger partial charge in [0, 0.05) is 25.1 Å². The van der Waals surface area contributed by atoms with Gasteiger partial charge in [0.25, 0.3) is 5.69 Å². The van der Waals surface area contributed by atoms with Gasteiger partial charge in [-0.2, -0.15) is 5.26 Å². The van der Waals surface area contributed by atoms with Gasteiger partial charge in [0.1, 0.15) is 5.69 Å². The van der Waals surface area contributed by atoms with Crippen molar-refractivity contribution in [1.29, 1.82) is 5.26 Å². The molecule has 0 radical (unpaired) electrons. The number of piperidine rings is 1. The lowest BCUT2D eigenvalue weighted by Gasteiger charge is -2.24. The first-order chi connectivity index (χ1) is 9.10. The molecule has 0 spiro atoms. The standard InChI is InChI=1S/C12H12N4O3/c13-6-8-1-3-10(11(5-8)16(18)19)15-9-2-4-12(17)14-7-9/h1,3,5,9,15H,2,4,7H2,(H,14,17). The van der Waals surface area contributed by atoms with E-state index in [2.05, 4.69) is 10.6 Å². The van der Waals surface area contributed by atoms with Crippen LogP contribution in [0.1, 0.15) is 18.4 Å². The Labute approximate surface area is 109 Å². The van der Waals surface area contributed by atoms with Gasteiger partial charge in [-0.3, -0.25) is 14.9 Å². The molecule has 19 heavy (non-hydrogen) atoms. The lowest BCUT2D eigenvalue weighted by molar-refractivity contribution is -0.384. The molecule has 1 aliphatic heterocycles. The Morgan fingerprint density at radius 1 is 1.53 bits per heavy atom. The van der Waals surface area contributed by atoms with Gasteiger partial charge in [0.2, 0.25) is 5.91 Å². The molecule has 0 aliphatic carbocycles. The summed E-state index contributed by atoms with van der Waals surface area (Å²) in [5.41, 5.74) is 0.482. The van der Waals surface area contributed by atoms with Crippen LogP contribution in [0.5, 0.6) is 0 Å². The van der Waals surface area contributed by atoms with Crippen molar-refractivity contribution in [3.8, 4) is 6.07 Å². The number of nitriles is 1. The second kappa shape index (κ2) is 5.35. The first-order valence-corrected chi connectivity index (χ1v) is 5.82. The number of hydrogen-bond donors (Lipinski definition) is 2. The number of nitro benzene ring substituents is 1. The van der Waals surface area contributed by atoms with Gasteiger partial charge >= 0.3 is 0 Å². The summed E-state index contributed by atoms with van der Waals surface area (Å²) in [7, 11) is 0. The third kappa shape index (κ3) is 2.98. The van der Waals surface area contributed by atoms with Crippen molar-refractivity contribution >= 4 is 17.3 Å². The van der Waals surface area contributed by atoms with Crippen molar-refractivity contribution in [2.45, 2.75) is 18.9 Å². The molecule has 7 heteroatoms. The Morgan fingerprint density at radius 2 is 2.32 bits per heavy atom. The normalized spacial score (nSPS) is 18.3. The number of carbonyl (C=O) groups excluding carboxylic acids is 1. The first-order valence-electron chi connectivity index (χ1n) is 5.82. The number of hydrogen-bond acceptors (Lipinski definition) is 5. The summed E-state index contributed by atoms with van der Waals surface area (Å²) in [6.45, 7) is 0.440. The van der Waals surface area contributed by atoms with E-state index in [1.807, 2.05) is 6.07 Å². The van der Waals surface area contributed by atoms with Crippen LogP contribution in [-0.2, 0) is 4.79 Å². The van der Waals surface area contributed by atoms with Gasteiger partial charge in [-0.25, -0.2) is 0 Å². The van der Waals surface area contributed by atoms with E-state index in [0.29, 0.717) is 25.1 Å². The Bertz CT molecular complexity index is 555. The summed E-state index contributed by atoms with van der Waals surface area (Å²) in [5, 5.41) is 25.5. The van der Waals surface area contributed by atoms with Crippen molar-refractivity contribution in [1.82, 2.24) is 5.32 Å². The van der Waals surface area contributed by atoms with E-state index in [1.165, 1.54) is 18.2 Å². The fourth-order valence-corrected chi connectivity index (χ4v) is 1.95. The van der Waals surface area contributed by atoms with Gasteiger partial charge in [-0.1, -0.05) is 0 Å². The summed E-state index contributed by atoms with van der Waals surface area (Å²) >= 11 is 0. The van der Waals surface area contributed by atoms with Crippen LogP contribution in [-0.4, -0.2) is 23.4 Å². The van der Waals surface area contributed by atoms with E-state index in [1.54, 1.807) is 0 Å². The van der Waals surface area contributed by atoms with Crippen LogP contribution in [0.4, 0.5) is 11.4 Å². The highest BCUT2D eigenvalue weighted by Gasteiger charge is 2.21. The molecule has 1 aromatic rings. The lowest BCUT2D eigenvalue weighted by atomic mass is 10.1. The smallest absolute Gasteiger partial charge is 0.293 e. The number of carbonyl (C=O) groups is 1. The highest BCUT2D eigenvalue weighted by molar-refractivity contribution is 5.77. The number of nitro groups is 1. The Kier molecular flexibility index (Phi) is 3.61. The largest absolute Gasteiger partial charge is 0.375 e. The minimum absolute atomic E-state index is 0.00706. The zero-order valence-corrected chi connectivity index (χ0v) is 10.0. The van der Waals surface area contributed by atoms with E-state index in [-0.39, 0.29) is 23.2 Å². The average Bonchev–Trinajstić information content (AvgIpc) is 2.41. The molecule has 1 aromatic carbocycles. The molecule has 2 rings (SSSR count). The van der Waals surface area contributed by atoms with Crippen molar-refractivity contribution in [3.63, 3.8) is 0 Å². The fourth-order valence-electron chi connectivity index (χ4n) is 1.95. The average molecular weight is 260 g/mol. The van der Waals surface area contributed by atoms with E-state index in [0.717, 1.165) is 0 Å². The minimum atomic E-state index is -0.523. The number of nitrogens with one attached hydrogen (secondary N) is 2. The van der Waals surface area contributed by atoms with E-state index in [9.17, 15) is 14.9 Å². The van der Waals surface area contributed by atoms with Crippen LogP contribution in [0.25, 0.3) is 0 Å². The maximum absolute atomic E-state index is 11.0. The predicted octanol–water partition coefficient (Wildman–Crippen LogP) is 1.16. The lowest BCUT2D eigenvalue weighted by Crippen LogP contribution is -2.41. The number of anilines is 1. The third-order valence-corrected chi connectivity index (χ3v) is 2.95. The van der Waals surface area contributed by atoms with Crippen LogP contribution in [0.15, 0.2) is 18.2 Å². The van der Waals surface area contributed by atoms with Crippen LogP contribution >= 0.6 is 0 Å². The van der Waals surface area contributed by atoms with Crippen LogP contribution < -0.4 is 10.6 Å². The molecule has 0 saturated carbocycles. The maximum Gasteiger partial charge on any atom is 0.293 e. The van der Waals surface area contributed by atoms with Crippen molar-refractivity contribution in [2.75, 3.05) is 11.9 Å². The molecule has 1 atom stereocenters. The number of nitrogens with zero attached hydrogens (tertiary/aromatic N) is 2. The van der Waals surface area contributed by atoms with E-state index < -0.39 is 4.92 Å². The van der Waals surface area contributed by atoms with E-state index >= 15 is 0 Å². The Morgan fingerprint density at radius 3 is 2.89 bits per heavy atom. The second-order valence-corrected chi connectivity index (χ2v) is 4.28. The summed E-state index contributed by atoms with van der Waals surface area (Å²) in [5.74, 6) is -0.00706. The Hall–Kier alpha value is -2.62. The monoisotopic (exact) mass is 260 g/mol. The fraction of sp³-hybridized carbons (Fsp3) is 0.333. The number of rotatable bonds is 3. The SMILES string of the molecule is N#Cc1ccc(NC2CCC(=O)NC2)c([N+](=O)[O-])c1. The molecule has 1 saturated heterocycles. The molecular formula is C12H12N4O3. The molecular weight excluding hydrogens is 248 g/mol. The van der Waals surface area contributed by atoms with Gasteiger partial charge < -0.3 is 10.6 Å². The van der Waals surface area contributed by atoms with Gasteiger partial charge in [-0.05, 0) is 18.6 Å². The topological polar surface area (TPSA) is 108 Å². The summed E-state index contributed by atoms with van der Waals surface area (Å²) in [6.07, 6.45) is 1.03. The first kappa shape index (κ1) is 12.8. The molecule has 0 bridgehead atoms. The molecule has 98 valence electrons. The van der Waals surface area contributed by atoms with Crippen LogP contribution in [0.3, 0.4) is 0 Å². The maximum atomic E-state index is 11.0. The van der Waals surface area contributed by atoms with Gasteiger partial charge in [0.05, 0.1) is 16.6 Å². The predicted molar refractivity (Wildman–Crippen MR) is 67.5 cm³/mol. The number of amides is 1. The molecule has 2 N–H and O–H groups in total. The summed E-state index contributed by atoms with van der Waals surface area (Å²) in [4.78, 5) is 21.5. The molecule has 1 aliphatic rings. The van der Waals surface area contributed by atoms with Gasteiger partial charge in [-0.15, -0.1) is 0 Å². The molecule has 1 heterocycles. The van der Waals surface area contributed by atoms with Crippen molar-refractivity contribution in [3.05, 3.63) is 33.9 Å². The quantitative estimate of drug-likeness (QED) is 0.626. The molecule has 7 nitrogen and oxygen atoms in total. The second-order valence-electron chi connectivity index (χ2n) is 4.28. The van der Waals surface area contributed by atoms with Crippen molar-refractivity contribution < 1.29 is 9.72 Å². The zero-order chi connectivity index (χ0) is 13.8. The van der Waals surface area contributed by atoms with E-state index in [4.69, 9.17) is 5.26 Å². The molecule has 1 unspecified atom stereocenters.